The van der Waals surface area contributed by atoms with Crippen LogP contribution in [0.5, 0.6) is 0 Å². The maximum Gasteiger partial charge on any atom is 0.438 e. The van der Waals surface area contributed by atoms with Gasteiger partial charge in [-0.25, -0.2) is 4.98 Å². The van der Waals surface area contributed by atoms with E-state index in [1.807, 2.05) is 0 Å². The molecule has 1 atom stereocenters. The minimum atomic E-state index is -4.90. The van der Waals surface area contributed by atoms with E-state index in [2.05, 4.69) is 10.1 Å². The average molecular weight is 430 g/mol. The molecule has 0 spiro atoms. The zero-order valence-corrected chi connectivity index (χ0v) is 15.8. The van der Waals surface area contributed by atoms with Gasteiger partial charge in [-0.2, -0.15) is 23.3 Å². The zero-order valence-electron chi connectivity index (χ0n) is 13.4. The molecular weight excluding hydrogens is 419 g/mol. The van der Waals surface area contributed by atoms with Gasteiger partial charge in [-0.3, -0.25) is 0 Å². The van der Waals surface area contributed by atoms with Crippen molar-refractivity contribution in [1.82, 2.24) is 4.98 Å². The van der Waals surface area contributed by atoms with E-state index in [9.17, 15) is 18.3 Å². The number of aliphatic hydroxyl groups is 1. The van der Waals surface area contributed by atoms with E-state index in [0.717, 1.165) is 11.3 Å². The second kappa shape index (κ2) is 6.59. The molecule has 1 aliphatic rings. The van der Waals surface area contributed by atoms with Crippen LogP contribution in [0.25, 0.3) is 11.3 Å². The molecule has 0 radical (unpaired) electrons. The molecule has 0 saturated carbocycles. The van der Waals surface area contributed by atoms with Gasteiger partial charge in [-0.15, -0.1) is 22.7 Å². The SMILES string of the molecule is O[C@@]1(C(F)(F)F)CC(c2cccs2)=NN1c1nc(-c2ccc(Cl)cc2)cs1. The predicted octanol–water partition coefficient (Wildman–Crippen LogP) is 5.39. The highest BCUT2D eigenvalue weighted by Gasteiger charge is 2.62. The lowest BCUT2D eigenvalue weighted by Crippen LogP contribution is -2.55. The lowest BCUT2D eigenvalue weighted by Gasteiger charge is -2.32. The minimum absolute atomic E-state index is 0.0358. The first-order valence-electron chi connectivity index (χ1n) is 7.70. The van der Waals surface area contributed by atoms with Crippen LogP contribution in [-0.2, 0) is 0 Å². The fourth-order valence-corrected chi connectivity index (χ4v) is 4.35. The van der Waals surface area contributed by atoms with E-state index >= 15 is 0 Å². The quantitative estimate of drug-likeness (QED) is 0.607. The highest BCUT2D eigenvalue weighted by Crippen LogP contribution is 2.45. The largest absolute Gasteiger partial charge is 0.438 e. The molecule has 0 bridgehead atoms. The van der Waals surface area contributed by atoms with Gasteiger partial charge in [0.1, 0.15) is 0 Å². The van der Waals surface area contributed by atoms with E-state index in [1.165, 1.54) is 11.3 Å². The molecule has 1 aliphatic heterocycles. The second-order valence-electron chi connectivity index (χ2n) is 5.85. The molecule has 1 N–H and O–H groups in total. The van der Waals surface area contributed by atoms with E-state index in [0.29, 0.717) is 26.2 Å². The fraction of sp³-hybridized carbons (Fsp3) is 0.176. The van der Waals surface area contributed by atoms with Crippen LogP contribution in [0.15, 0.2) is 52.3 Å². The summed E-state index contributed by atoms with van der Waals surface area (Å²) >= 11 is 8.11. The maximum absolute atomic E-state index is 13.7. The third-order valence-electron chi connectivity index (χ3n) is 4.06. The molecule has 27 heavy (non-hydrogen) atoms. The van der Waals surface area contributed by atoms with Crippen molar-refractivity contribution in [2.45, 2.75) is 18.3 Å². The third-order valence-corrected chi connectivity index (χ3v) is 6.04. The summed E-state index contributed by atoms with van der Waals surface area (Å²) in [5.41, 5.74) is -1.77. The van der Waals surface area contributed by atoms with Gasteiger partial charge in [-0.05, 0) is 23.6 Å². The van der Waals surface area contributed by atoms with Crippen molar-refractivity contribution < 1.29 is 18.3 Å². The average Bonchev–Trinajstić information content (AvgIpc) is 3.34. The van der Waals surface area contributed by atoms with Crippen LogP contribution in [0.1, 0.15) is 11.3 Å². The number of hydrogen-bond donors (Lipinski definition) is 1. The van der Waals surface area contributed by atoms with Gasteiger partial charge in [0.25, 0.3) is 5.72 Å². The Bertz CT molecular complexity index is 986. The first-order valence-corrected chi connectivity index (χ1v) is 9.84. The Morgan fingerprint density at radius 3 is 2.52 bits per heavy atom. The Labute approximate surface area is 165 Å². The molecule has 2 aromatic heterocycles. The third kappa shape index (κ3) is 3.25. The van der Waals surface area contributed by atoms with Crippen molar-refractivity contribution >= 4 is 45.1 Å². The molecule has 140 valence electrons. The Morgan fingerprint density at radius 2 is 1.89 bits per heavy atom. The smallest absolute Gasteiger partial charge is 0.362 e. The Morgan fingerprint density at radius 1 is 1.15 bits per heavy atom. The van der Waals surface area contributed by atoms with Crippen molar-refractivity contribution in [3.63, 3.8) is 0 Å². The summed E-state index contributed by atoms with van der Waals surface area (Å²) in [5.74, 6) is 0. The summed E-state index contributed by atoms with van der Waals surface area (Å²) in [6.07, 6.45) is -5.56. The fourth-order valence-electron chi connectivity index (χ4n) is 2.66. The van der Waals surface area contributed by atoms with Gasteiger partial charge < -0.3 is 5.11 Å². The summed E-state index contributed by atoms with van der Waals surface area (Å²) in [7, 11) is 0. The van der Waals surface area contributed by atoms with E-state index in [1.54, 1.807) is 47.2 Å². The Kier molecular flexibility index (Phi) is 4.50. The normalized spacial score (nSPS) is 20.2. The van der Waals surface area contributed by atoms with E-state index in [4.69, 9.17) is 11.6 Å². The summed E-state index contributed by atoms with van der Waals surface area (Å²) in [6, 6.07) is 10.2. The first-order chi connectivity index (χ1) is 12.8. The van der Waals surface area contributed by atoms with Crippen molar-refractivity contribution in [3.05, 3.63) is 57.1 Å². The van der Waals surface area contributed by atoms with Crippen molar-refractivity contribution in [2.75, 3.05) is 5.01 Å². The number of thiophene rings is 1. The Hall–Kier alpha value is -1.94. The summed E-state index contributed by atoms with van der Waals surface area (Å²) < 4.78 is 41.0. The van der Waals surface area contributed by atoms with Crippen LogP contribution in [0, 0.1) is 0 Å². The lowest BCUT2D eigenvalue weighted by atomic mass is 10.1. The molecule has 0 saturated heterocycles. The predicted molar refractivity (Wildman–Crippen MR) is 102 cm³/mol. The highest BCUT2D eigenvalue weighted by atomic mass is 35.5. The first kappa shape index (κ1) is 18.4. The summed E-state index contributed by atoms with van der Waals surface area (Å²) in [5, 5.41) is 19.0. The summed E-state index contributed by atoms with van der Waals surface area (Å²) in [6.45, 7) is 0. The van der Waals surface area contributed by atoms with Crippen LogP contribution in [0.4, 0.5) is 18.3 Å². The lowest BCUT2D eigenvalue weighted by molar-refractivity contribution is -0.254. The van der Waals surface area contributed by atoms with Gasteiger partial charge in [0.15, 0.2) is 0 Å². The molecule has 0 aliphatic carbocycles. The maximum atomic E-state index is 13.7. The number of aromatic nitrogens is 1. The zero-order chi connectivity index (χ0) is 19.2. The molecule has 0 fully saturated rings. The molecule has 10 heteroatoms. The van der Waals surface area contributed by atoms with Crippen LogP contribution >= 0.6 is 34.3 Å². The molecular formula is C17H11ClF3N3OS2. The molecule has 4 nitrogen and oxygen atoms in total. The van der Waals surface area contributed by atoms with Gasteiger partial charge in [0.2, 0.25) is 5.13 Å². The van der Waals surface area contributed by atoms with Crippen molar-refractivity contribution in [2.24, 2.45) is 5.10 Å². The second-order valence-corrected chi connectivity index (χ2v) is 8.07. The standard InChI is InChI=1S/C17H11ClF3N3OS2/c18-11-5-3-10(4-6-11)13-9-27-15(22-13)24-16(25,17(19,20)21)8-12(23-24)14-2-1-7-26-14/h1-7,9,25H,8H2/t16-/m1/s1. The minimum Gasteiger partial charge on any atom is -0.362 e. The van der Waals surface area contributed by atoms with E-state index in [-0.39, 0.29) is 10.8 Å². The number of rotatable bonds is 3. The highest BCUT2D eigenvalue weighted by molar-refractivity contribution is 7.14. The van der Waals surface area contributed by atoms with Crippen LogP contribution in [-0.4, -0.2) is 27.7 Å². The van der Waals surface area contributed by atoms with Crippen LogP contribution < -0.4 is 5.01 Å². The van der Waals surface area contributed by atoms with Gasteiger partial charge in [0.05, 0.1) is 22.7 Å². The monoisotopic (exact) mass is 429 g/mol. The van der Waals surface area contributed by atoms with Gasteiger partial charge >= 0.3 is 6.18 Å². The van der Waals surface area contributed by atoms with Crippen LogP contribution in [0.3, 0.4) is 0 Å². The number of halogens is 4. The molecule has 4 rings (SSSR count). The van der Waals surface area contributed by atoms with Crippen molar-refractivity contribution in [1.29, 1.82) is 0 Å². The summed E-state index contributed by atoms with van der Waals surface area (Å²) in [4.78, 5) is 4.83. The molecule has 0 unspecified atom stereocenters. The number of nitrogens with zero attached hydrogens (tertiary/aromatic N) is 3. The van der Waals surface area contributed by atoms with Crippen LogP contribution in [0.2, 0.25) is 5.02 Å². The number of hydrazone groups is 1. The Balaban J connectivity index is 1.74. The molecule has 0 amide bonds. The number of hydrogen-bond acceptors (Lipinski definition) is 6. The van der Waals surface area contributed by atoms with Gasteiger partial charge in [-0.1, -0.05) is 29.8 Å². The number of alkyl halides is 3. The van der Waals surface area contributed by atoms with Crippen molar-refractivity contribution in [3.8, 4) is 11.3 Å². The number of benzene rings is 1. The van der Waals surface area contributed by atoms with E-state index < -0.39 is 18.3 Å². The van der Waals surface area contributed by atoms with Gasteiger partial charge in [0, 0.05) is 16.0 Å². The number of anilines is 1. The topological polar surface area (TPSA) is 48.7 Å². The molecule has 1 aromatic carbocycles. The molecule has 3 aromatic rings. The number of thiazole rings is 1. The molecule has 3 heterocycles.